The molecule has 2 aromatic rings. The highest BCUT2D eigenvalue weighted by Gasteiger charge is 2.09. The number of ether oxygens (including phenoxy) is 1. The van der Waals surface area contributed by atoms with E-state index >= 15 is 0 Å². The summed E-state index contributed by atoms with van der Waals surface area (Å²) in [5.41, 5.74) is 2.52. The third-order valence-electron chi connectivity index (χ3n) is 3.41. The summed E-state index contributed by atoms with van der Waals surface area (Å²) in [4.78, 5) is 13.3. The van der Waals surface area contributed by atoms with Crippen LogP contribution in [0.5, 0.6) is 5.75 Å². The van der Waals surface area contributed by atoms with Crippen LogP contribution in [0.4, 0.5) is 11.6 Å². The first kappa shape index (κ1) is 20.6. The molecule has 2 rings (SSSR count). The zero-order chi connectivity index (χ0) is 19.8. The lowest BCUT2D eigenvalue weighted by Crippen LogP contribution is -2.39. The van der Waals surface area contributed by atoms with Gasteiger partial charge in [0.25, 0.3) is 0 Å². The predicted molar refractivity (Wildman–Crippen MR) is 115 cm³/mol. The van der Waals surface area contributed by atoms with E-state index in [4.69, 9.17) is 17.0 Å². The number of aryl methyl sites for hydroxylation is 2. The van der Waals surface area contributed by atoms with Crippen LogP contribution in [0.25, 0.3) is 0 Å². The summed E-state index contributed by atoms with van der Waals surface area (Å²) in [6.45, 7) is 8.68. The number of rotatable bonds is 5. The topological polar surface area (TPSA) is 83.5 Å². The first-order valence-electron chi connectivity index (χ1n) is 8.72. The maximum absolute atomic E-state index is 5.43. The van der Waals surface area contributed by atoms with Crippen LogP contribution in [-0.2, 0) is 0 Å². The van der Waals surface area contributed by atoms with E-state index in [9.17, 15) is 0 Å². The molecule has 8 heteroatoms. The number of thiocarbonyl (C=S) groups is 1. The van der Waals surface area contributed by atoms with E-state index in [0.29, 0.717) is 35.2 Å². The Bertz CT molecular complexity index is 801. The lowest BCUT2D eigenvalue weighted by Gasteiger charge is -2.16. The minimum Gasteiger partial charge on any atom is -0.495 e. The molecule has 0 unspecified atom stereocenters. The number of guanidine groups is 1. The van der Waals surface area contributed by atoms with Gasteiger partial charge in [-0.25, -0.2) is 9.97 Å². The summed E-state index contributed by atoms with van der Waals surface area (Å²) in [5.74, 6) is 2.07. The average molecular weight is 387 g/mol. The number of benzene rings is 1. The van der Waals surface area contributed by atoms with Crippen LogP contribution in [-0.4, -0.2) is 34.7 Å². The van der Waals surface area contributed by atoms with Crippen molar-refractivity contribution in [3.05, 3.63) is 41.7 Å². The molecule has 1 aromatic heterocycles. The fraction of sp³-hybridized carbons (Fsp3) is 0.368. The zero-order valence-electron chi connectivity index (χ0n) is 16.3. The number of nitrogens with zero attached hydrogens (tertiary/aromatic N) is 3. The second-order valence-corrected chi connectivity index (χ2v) is 6.87. The van der Waals surface area contributed by atoms with Gasteiger partial charge in [-0.05, 0) is 50.2 Å². The van der Waals surface area contributed by atoms with Gasteiger partial charge in [0.15, 0.2) is 5.11 Å². The molecule has 0 saturated heterocycles. The van der Waals surface area contributed by atoms with Crippen molar-refractivity contribution in [3.8, 4) is 5.75 Å². The number of nitrogens with one attached hydrogen (secondary N) is 3. The normalized spacial score (nSPS) is 11.3. The Morgan fingerprint density at radius 3 is 2.44 bits per heavy atom. The van der Waals surface area contributed by atoms with Crippen LogP contribution in [0.15, 0.2) is 35.3 Å². The monoisotopic (exact) mass is 386 g/mol. The molecule has 0 saturated carbocycles. The van der Waals surface area contributed by atoms with Gasteiger partial charge >= 0.3 is 0 Å². The Hall–Kier alpha value is -2.74. The van der Waals surface area contributed by atoms with E-state index < -0.39 is 0 Å². The van der Waals surface area contributed by atoms with E-state index in [1.165, 1.54) is 0 Å². The third-order valence-corrected chi connectivity index (χ3v) is 3.62. The SMILES string of the molecule is COc1ccccc1NC(=S)NC(=NCC(C)C)Nc1nc(C)cc(C)n1. The van der Waals surface area contributed by atoms with Gasteiger partial charge in [0.1, 0.15) is 5.75 Å². The van der Waals surface area contributed by atoms with Crippen LogP contribution in [0.3, 0.4) is 0 Å². The average Bonchev–Trinajstić information content (AvgIpc) is 2.59. The largest absolute Gasteiger partial charge is 0.495 e. The van der Waals surface area contributed by atoms with Gasteiger partial charge in [-0.2, -0.15) is 0 Å². The molecule has 0 aliphatic rings. The Morgan fingerprint density at radius 2 is 1.81 bits per heavy atom. The smallest absolute Gasteiger partial charge is 0.229 e. The molecule has 0 bridgehead atoms. The fourth-order valence-corrected chi connectivity index (χ4v) is 2.49. The summed E-state index contributed by atoms with van der Waals surface area (Å²) < 4.78 is 5.34. The molecule has 0 amide bonds. The minimum atomic E-state index is 0.388. The predicted octanol–water partition coefficient (Wildman–Crippen LogP) is 3.51. The summed E-state index contributed by atoms with van der Waals surface area (Å²) >= 11 is 5.43. The fourth-order valence-electron chi connectivity index (χ4n) is 2.28. The number of aromatic nitrogens is 2. The molecule has 144 valence electrons. The number of hydrogen-bond acceptors (Lipinski definition) is 5. The van der Waals surface area contributed by atoms with Gasteiger partial charge in [0.05, 0.1) is 12.8 Å². The molecule has 0 atom stereocenters. The minimum absolute atomic E-state index is 0.388. The maximum atomic E-state index is 5.43. The molecule has 7 nitrogen and oxygen atoms in total. The van der Waals surface area contributed by atoms with Crippen LogP contribution >= 0.6 is 12.2 Å². The van der Waals surface area contributed by atoms with E-state index in [-0.39, 0.29) is 0 Å². The van der Waals surface area contributed by atoms with Crippen molar-refractivity contribution < 1.29 is 4.74 Å². The molecule has 27 heavy (non-hydrogen) atoms. The van der Waals surface area contributed by atoms with Gasteiger partial charge in [-0.15, -0.1) is 0 Å². The molecule has 3 N–H and O–H groups in total. The molecule has 0 fully saturated rings. The van der Waals surface area contributed by atoms with Gasteiger partial charge < -0.3 is 15.4 Å². The van der Waals surface area contributed by atoms with Gasteiger partial charge in [0, 0.05) is 17.9 Å². The number of hydrogen-bond donors (Lipinski definition) is 3. The summed E-state index contributed by atoms with van der Waals surface area (Å²) in [7, 11) is 1.62. The lowest BCUT2D eigenvalue weighted by molar-refractivity contribution is 0.417. The third kappa shape index (κ3) is 6.82. The molecule has 1 heterocycles. The quantitative estimate of drug-likeness (QED) is 0.412. The maximum Gasteiger partial charge on any atom is 0.229 e. The summed E-state index contributed by atoms with van der Waals surface area (Å²) in [6, 6.07) is 9.47. The molecule has 0 spiro atoms. The molecule has 0 aliphatic heterocycles. The Morgan fingerprint density at radius 1 is 1.15 bits per heavy atom. The van der Waals surface area contributed by atoms with E-state index in [1.807, 2.05) is 44.2 Å². The van der Waals surface area contributed by atoms with E-state index in [2.05, 4.69) is 44.8 Å². The molecule has 0 radical (unpaired) electrons. The molecule has 1 aromatic carbocycles. The summed E-state index contributed by atoms with van der Waals surface area (Å²) in [5, 5.41) is 9.71. The van der Waals surface area contributed by atoms with Crippen molar-refractivity contribution >= 4 is 34.9 Å². The number of methoxy groups -OCH3 is 1. The van der Waals surface area contributed by atoms with Crippen LogP contribution in [0, 0.1) is 19.8 Å². The second-order valence-electron chi connectivity index (χ2n) is 6.46. The van der Waals surface area contributed by atoms with Gasteiger partial charge in [0.2, 0.25) is 11.9 Å². The Labute approximate surface area is 165 Å². The van der Waals surface area contributed by atoms with Crippen LogP contribution in [0.1, 0.15) is 25.2 Å². The van der Waals surface area contributed by atoms with Crippen molar-refractivity contribution in [2.45, 2.75) is 27.7 Å². The van der Waals surface area contributed by atoms with Crippen molar-refractivity contribution in [2.75, 3.05) is 24.3 Å². The number of para-hydroxylation sites is 2. The van der Waals surface area contributed by atoms with Crippen molar-refractivity contribution in [1.82, 2.24) is 15.3 Å². The highest BCUT2D eigenvalue weighted by molar-refractivity contribution is 7.80. The molecular weight excluding hydrogens is 360 g/mol. The molecular formula is C19H26N6OS. The van der Waals surface area contributed by atoms with Gasteiger partial charge in [-0.3, -0.25) is 10.3 Å². The molecule has 0 aliphatic carbocycles. The van der Waals surface area contributed by atoms with Crippen molar-refractivity contribution in [3.63, 3.8) is 0 Å². The number of aliphatic imine (C=N–C) groups is 1. The zero-order valence-corrected chi connectivity index (χ0v) is 17.1. The first-order valence-corrected chi connectivity index (χ1v) is 9.13. The Kier molecular flexibility index (Phi) is 7.48. The van der Waals surface area contributed by atoms with Gasteiger partial charge in [-0.1, -0.05) is 26.0 Å². The number of anilines is 2. The van der Waals surface area contributed by atoms with Crippen molar-refractivity contribution in [1.29, 1.82) is 0 Å². The van der Waals surface area contributed by atoms with Crippen molar-refractivity contribution in [2.24, 2.45) is 10.9 Å². The highest BCUT2D eigenvalue weighted by atomic mass is 32.1. The van der Waals surface area contributed by atoms with E-state index in [0.717, 1.165) is 17.1 Å². The highest BCUT2D eigenvalue weighted by Crippen LogP contribution is 2.22. The van der Waals surface area contributed by atoms with Crippen LogP contribution in [0.2, 0.25) is 0 Å². The first-order chi connectivity index (χ1) is 12.9. The summed E-state index contributed by atoms with van der Waals surface area (Å²) in [6.07, 6.45) is 0. The Balaban J connectivity index is 2.14. The van der Waals surface area contributed by atoms with Crippen LogP contribution < -0.4 is 20.7 Å². The standard InChI is InChI=1S/C19H26N6OS/c1-12(2)11-20-17(24-18-21-13(3)10-14(4)22-18)25-19(27)23-15-8-6-7-9-16(15)26-5/h6-10,12H,11H2,1-5H3,(H3,20,21,22,23,24,25,27). The lowest BCUT2D eigenvalue weighted by atomic mass is 10.2. The van der Waals surface area contributed by atoms with E-state index in [1.54, 1.807) is 7.11 Å². The second kappa shape index (κ2) is 9.82.